The minimum absolute atomic E-state index is 0.116. The van der Waals surface area contributed by atoms with Crippen LogP contribution in [0.4, 0.5) is 0 Å². The zero-order chi connectivity index (χ0) is 14.1. The van der Waals surface area contributed by atoms with Crippen molar-refractivity contribution in [3.05, 3.63) is 34.3 Å². The summed E-state index contributed by atoms with van der Waals surface area (Å²) in [4.78, 5) is 11.7. The average molecular weight is 289 g/mol. The van der Waals surface area contributed by atoms with E-state index in [0.717, 1.165) is 11.8 Å². The highest BCUT2D eigenvalue weighted by Crippen LogP contribution is 2.30. The van der Waals surface area contributed by atoms with Crippen LogP contribution in [-0.4, -0.2) is 26.2 Å². The van der Waals surface area contributed by atoms with Crippen LogP contribution in [0.1, 0.15) is 36.7 Å². The Labute approximate surface area is 113 Å². The van der Waals surface area contributed by atoms with E-state index in [1.54, 1.807) is 12.1 Å². The first-order valence-corrected chi connectivity index (χ1v) is 7.95. The number of halogens is 1. The van der Waals surface area contributed by atoms with Gasteiger partial charge < -0.3 is 0 Å². The normalized spacial score (nSPS) is 12.5. The van der Waals surface area contributed by atoms with Crippen LogP contribution >= 0.6 is 11.6 Å². The Morgan fingerprint density at radius 1 is 1.28 bits per heavy atom. The van der Waals surface area contributed by atoms with E-state index < -0.39 is 21.4 Å². The van der Waals surface area contributed by atoms with Crippen molar-refractivity contribution >= 4 is 27.2 Å². The van der Waals surface area contributed by atoms with Crippen molar-refractivity contribution in [2.75, 3.05) is 12.0 Å². The summed E-state index contributed by atoms with van der Waals surface area (Å²) in [6.07, 6.45) is 1.04. The summed E-state index contributed by atoms with van der Waals surface area (Å²) in [5.74, 6) is -0.919. The molecule has 0 aliphatic rings. The number of rotatable bonds is 3. The summed E-state index contributed by atoms with van der Waals surface area (Å²) >= 11 is 6.13. The van der Waals surface area contributed by atoms with E-state index in [-0.39, 0.29) is 5.41 Å². The number of Topliss-reactive ketones (excluding diaryl/α,β-unsaturated/α-hetero) is 1. The first kappa shape index (κ1) is 15.2. The average Bonchev–Trinajstić information content (AvgIpc) is 2.12. The molecule has 1 rings (SSSR count). The molecule has 5 heteroatoms. The second-order valence-corrected chi connectivity index (χ2v) is 7.99. The summed E-state index contributed by atoms with van der Waals surface area (Å²) in [6, 6.07) is 4.94. The Kier molecular flexibility index (Phi) is 4.23. The topological polar surface area (TPSA) is 51.2 Å². The molecule has 100 valence electrons. The molecule has 0 N–H and O–H groups in total. The van der Waals surface area contributed by atoms with Gasteiger partial charge in [-0.15, -0.1) is 0 Å². The molecule has 0 aromatic heterocycles. The van der Waals surface area contributed by atoms with Crippen LogP contribution in [-0.2, 0) is 15.3 Å². The third-order valence-corrected chi connectivity index (χ3v) is 3.59. The molecular weight excluding hydrogens is 272 g/mol. The van der Waals surface area contributed by atoms with Gasteiger partial charge in [-0.2, -0.15) is 0 Å². The smallest absolute Gasteiger partial charge is 0.177 e. The highest BCUT2D eigenvalue weighted by molar-refractivity contribution is 7.91. The van der Waals surface area contributed by atoms with Crippen molar-refractivity contribution in [3.8, 4) is 0 Å². The van der Waals surface area contributed by atoms with Crippen molar-refractivity contribution < 1.29 is 13.2 Å². The van der Waals surface area contributed by atoms with Crippen LogP contribution in [0.5, 0.6) is 0 Å². The summed E-state index contributed by atoms with van der Waals surface area (Å²) in [5.41, 5.74) is 1.15. The van der Waals surface area contributed by atoms with E-state index in [2.05, 4.69) is 0 Å². The first-order valence-electron chi connectivity index (χ1n) is 5.51. The molecule has 0 fully saturated rings. The molecule has 3 nitrogen and oxygen atoms in total. The van der Waals surface area contributed by atoms with Gasteiger partial charge in [0.15, 0.2) is 15.6 Å². The maximum Gasteiger partial charge on any atom is 0.177 e. The van der Waals surface area contributed by atoms with Crippen molar-refractivity contribution in [1.29, 1.82) is 0 Å². The standard InChI is InChI=1S/C13H17ClO3S/c1-13(2,3)10-6-5-9(7-11(10)14)12(15)8-18(4,16)17/h5-7H,8H2,1-4H3. The van der Waals surface area contributed by atoms with Crippen LogP contribution in [0.15, 0.2) is 18.2 Å². The Morgan fingerprint density at radius 2 is 1.83 bits per heavy atom. The molecule has 0 aliphatic heterocycles. The fraction of sp³-hybridized carbons (Fsp3) is 0.462. The lowest BCUT2D eigenvalue weighted by Gasteiger charge is -2.20. The van der Waals surface area contributed by atoms with Gasteiger partial charge in [0, 0.05) is 16.8 Å². The van der Waals surface area contributed by atoms with E-state index in [9.17, 15) is 13.2 Å². The molecule has 18 heavy (non-hydrogen) atoms. The lowest BCUT2D eigenvalue weighted by atomic mass is 9.86. The second-order valence-electron chi connectivity index (χ2n) is 5.44. The van der Waals surface area contributed by atoms with Crippen LogP contribution in [0, 0.1) is 0 Å². The molecule has 0 spiro atoms. The minimum atomic E-state index is -3.32. The van der Waals surface area contributed by atoms with Gasteiger partial charge in [0.25, 0.3) is 0 Å². The number of hydrogen-bond donors (Lipinski definition) is 0. The number of benzene rings is 1. The molecule has 1 aromatic carbocycles. The summed E-state index contributed by atoms with van der Waals surface area (Å²) in [7, 11) is -3.32. The number of sulfone groups is 1. The second kappa shape index (κ2) is 5.02. The minimum Gasteiger partial charge on any atom is -0.293 e. The maximum absolute atomic E-state index is 11.7. The monoisotopic (exact) mass is 288 g/mol. The van der Waals surface area contributed by atoms with E-state index >= 15 is 0 Å². The maximum atomic E-state index is 11.7. The van der Waals surface area contributed by atoms with Gasteiger partial charge in [0.1, 0.15) is 5.75 Å². The Hall–Kier alpha value is -0.870. The van der Waals surface area contributed by atoms with Crippen molar-refractivity contribution in [3.63, 3.8) is 0 Å². The summed E-state index contributed by atoms with van der Waals surface area (Å²) in [6.45, 7) is 6.06. The van der Waals surface area contributed by atoms with Crippen molar-refractivity contribution in [2.24, 2.45) is 0 Å². The van der Waals surface area contributed by atoms with Crippen molar-refractivity contribution in [2.45, 2.75) is 26.2 Å². The van der Waals surface area contributed by atoms with Crippen molar-refractivity contribution in [1.82, 2.24) is 0 Å². The number of carbonyl (C=O) groups is 1. The van der Waals surface area contributed by atoms with Gasteiger partial charge in [-0.25, -0.2) is 8.42 Å². The fourth-order valence-corrected chi connectivity index (χ4v) is 2.73. The van der Waals surface area contributed by atoms with E-state index in [4.69, 9.17) is 11.6 Å². The molecule has 1 aromatic rings. The number of carbonyl (C=O) groups excluding carboxylic acids is 1. The fourth-order valence-electron chi connectivity index (χ4n) is 1.62. The quantitative estimate of drug-likeness (QED) is 0.804. The number of hydrogen-bond acceptors (Lipinski definition) is 3. The SMILES string of the molecule is CC(C)(C)c1ccc(C(=O)CS(C)(=O)=O)cc1Cl. The Morgan fingerprint density at radius 3 is 2.22 bits per heavy atom. The molecule has 0 bridgehead atoms. The predicted molar refractivity (Wildman–Crippen MR) is 74.2 cm³/mol. The Balaban J connectivity index is 3.09. The molecule has 0 atom stereocenters. The molecular formula is C13H17ClO3S. The Bertz CT molecular complexity index is 568. The van der Waals surface area contributed by atoms with Gasteiger partial charge in [0.2, 0.25) is 0 Å². The zero-order valence-corrected chi connectivity index (χ0v) is 12.5. The highest BCUT2D eigenvalue weighted by Gasteiger charge is 2.19. The van der Waals surface area contributed by atoms with Crippen LogP contribution < -0.4 is 0 Å². The number of ketones is 1. The third kappa shape index (κ3) is 4.10. The molecule has 0 unspecified atom stereocenters. The molecule has 0 aliphatic carbocycles. The summed E-state index contributed by atoms with van der Waals surface area (Å²) < 4.78 is 22.1. The lowest BCUT2D eigenvalue weighted by Crippen LogP contribution is -2.16. The molecule has 0 heterocycles. The summed E-state index contributed by atoms with van der Waals surface area (Å²) in [5, 5.41) is 0.488. The zero-order valence-electron chi connectivity index (χ0n) is 11.0. The molecule has 0 radical (unpaired) electrons. The van der Waals surface area contributed by atoms with Gasteiger partial charge in [-0.3, -0.25) is 4.79 Å². The van der Waals surface area contributed by atoms with Crippen LogP contribution in [0.2, 0.25) is 5.02 Å². The third-order valence-electron chi connectivity index (χ3n) is 2.49. The molecule has 0 saturated heterocycles. The van der Waals surface area contributed by atoms with Crippen LogP contribution in [0.25, 0.3) is 0 Å². The van der Waals surface area contributed by atoms with Gasteiger partial charge >= 0.3 is 0 Å². The van der Waals surface area contributed by atoms with E-state index in [0.29, 0.717) is 10.6 Å². The predicted octanol–water partition coefficient (Wildman–Crippen LogP) is 2.86. The van der Waals surface area contributed by atoms with E-state index in [1.807, 2.05) is 20.8 Å². The van der Waals surface area contributed by atoms with Gasteiger partial charge in [-0.05, 0) is 17.0 Å². The largest absolute Gasteiger partial charge is 0.293 e. The molecule has 0 amide bonds. The van der Waals surface area contributed by atoms with Gasteiger partial charge in [-0.1, -0.05) is 44.5 Å². The molecule has 0 saturated carbocycles. The van der Waals surface area contributed by atoms with E-state index in [1.165, 1.54) is 6.07 Å². The van der Waals surface area contributed by atoms with Gasteiger partial charge in [0.05, 0.1) is 0 Å². The van der Waals surface area contributed by atoms with Crippen LogP contribution in [0.3, 0.4) is 0 Å². The first-order chi connectivity index (χ1) is 8.00. The highest BCUT2D eigenvalue weighted by atomic mass is 35.5. The lowest BCUT2D eigenvalue weighted by molar-refractivity contribution is 0.102.